The summed E-state index contributed by atoms with van der Waals surface area (Å²) in [5.74, 6) is -0.849. The molecule has 5 fully saturated rings. The number of Topliss-reactive ketones (excluding diaryl/α,β-unsaturated/α-hetero) is 2. The van der Waals surface area contributed by atoms with Gasteiger partial charge in [0.25, 0.3) is 0 Å². The van der Waals surface area contributed by atoms with Gasteiger partial charge in [-0.05, 0) is 145 Å². The SMILES string of the molecule is CC[C@H](C(=O)N[C@H]1CCC[C@@H]1C(=O)C[C@H]1CCCC[C@H]1[C@@H](CC)C(=O)C[C@H]1CCC[C@@H]1C(=O)OCc1ccc(Br)cc1)C1CCCC[C@@H]1NC(=O)[C@H]1CCC[C@@H]1CC(=O)OC(C)(C)C. The summed E-state index contributed by atoms with van der Waals surface area (Å²) in [7, 11) is 0. The van der Waals surface area contributed by atoms with E-state index in [0.717, 1.165) is 126 Å². The lowest BCUT2D eigenvalue weighted by atomic mass is 9.67. The highest BCUT2D eigenvalue weighted by Gasteiger charge is 2.44. The molecule has 1 unspecified atom stereocenters. The van der Waals surface area contributed by atoms with Crippen LogP contribution in [0.4, 0.5) is 0 Å². The molecule has 0 radical (unpaired) electrons. The summed E-state index contributed by atoms with van der Waals surface area (Å²) in [6, 6.07) is 7.45. The minimum atomic E-state index is -0.564. The third kappa shape index (κ3) is 13.5. The molecule has 10 nitrogen and oxygen atoms in total. The highest BCUT2D eigenvalue weighted by Crippen LogP contribution is 2.44. The van der Waals surface area contributed by atoms with Gasteiger partial charge in [0.05, 0.1) is 5.92 Å². The van der Waals surface area contributed by atoms with E-state index >= 15 is 0 Å². The molecule has 0 saturated heterocycles. The van der Waals surface area contributed by atoms with Crippen LogP contribution in [-0.2, 0) is 44.8 Å². The Hall–Kier alpha value is -3.08. The van der Waals surface area contributed by atoms with Crippen LogP contribution in [0.1, 0.15) is 181 Å². The van der Waals surface area contributed by atoms with Gasteiger partial charge < -0.3 is 20.1 Å². The number of ether oxygens (including phenoxy) is 2. The number of esters is 2. The average Bonchev–Trinajstić information content (AvgIpc) is 4.04. The number of benzene rings is 1. The first-order valence-electron chi connectivity index (χ1n) is 25.4. The highest BCUT2D eigenvalue weighted by molar-refractivity contribution is 9.10. The molecule has 5 aliphatic rings. The van der Waals surface area contributed by atoms with Crippen molar-refractivity contribution in [2.75, 3.05) is 0 Å². The van der Waals surface area contributed by atoms with Gasteiger partial charge in [0, 0.05) is 59.5 Å². The lowest BCUT2D eigenvalue weighted by Gasteiger charge is -2.38. The molecular formula is C53H79BrN2O8. The quantitative estimate of drug-likeness (QED) is 0.130. The van der Waals surface area contributed by atoms with E-state index in [2.05, 4.69) is 40.4 Å². The lowest BCUT2D eigenvalue weighted by Crippen LogP contribution is -2.51. The van der Waals surface area contributed by atoms with Crippen molar-refractivity contribution in [2.24, 2.45) is 59.2 Å². The number of halogens is 1. The van der Waals surface area contributed by atoms with Gasteiger partial charge in [0.1, 0.15) is 23.8 Å². The molecule has 1 aromatic rings. The molecule has 5 saturated carbocycles. The summed E-state index contributed by atoms with van der Waals surface area (Å²) in [4.78, 5) is 82.7. The molecule has 0 aliphatic heterocycles. The Kier molecular flexibility index (Phi) is 18.5. The van der Waals surface area contributed by atoms with Crippen molar-refractivity contribution >= 4 is 51.2 Å². The molecule has 356 valence electrons. The number of amides is 2. The Bertz CT molecular complexity index is 1760. The lowest BCUT2D eigenvalue weighted by molar-refractivity contribution is -0.156. The number of hydrogen-bond acceptors (Lipinski definition) is 8. The van der Waals surface area contributed by atoms with E-state index in [1.807, 2.05) is 45.0 Å². The van der Waals surface area contributed by atoms with Gasteiger partial charge in [-0.25, -0.2) is 0 Å². The normalized spacial score (nSPS) is 30.5. The van der Waals surface area contributed by atoms with Gasteiger partial charge in [-0.15, -0.1) is 0 Å². The number of nitrogens with one attached hydrogen (secondary N) is 2. The number of rotatable bonds is 19. The van der Waals surface area contributed by atoms with Crippen LogP contribution in [0.2, 0.25) is 0 Å². The average molecular weight is 952 g/mol. The van der Waals surface area contributed by atoms with Crippen molar-refractivity contribution < 1.29 is 38.2 Å². The molecular weight excluding hydrogens is 872 g/mol. The number of carbonyl (C=O) groups is 6. The molecule has 0 aromatic heterocycles. The first-order chi connectivity index (χ1) is 30.6. The summed E-state index contributed by atoms with van der Waals surface area (Å²) in [5, 5.41) is 6.78. The fraction of sp³-hybridized carbons (Fsp3) is 0.774. The summed E-state index contributed by atoms with van der Waals surface area (Å²) >= 11 is 3.45. The maximum absolute atomic E-state index is 14.3. The van der Waals surface area contributed by atoms with E-state index in [1.54, 1.807) is 0 Å². The van der Waals surface area contributed by atoms with Gasteiger partial charge in [0.2, 0.25) is 11.8 Å². The van der Waals surface area contributed by atoms with Crippen LogP contribution >= 0.6 is 15.9 Å². The molecule has 2 amide bonds. The molecule has 1 aromatic carbocycles. The zero-order valence-corrected chi connectivity index (χ0v) is 41.2. The van der Waals surface area contributed by atoms with Crippen LogP contribution < -0.4 is 10.6 Å². The maximum atomic E-state index is 14.3. The van der Waals surface area contributed by atoms with Crippen LogP contribution in [-0.4, -0.2) is 53.0 Å². The van der Waals surface area contributed by atoms with E-state index in [9.17, 15) is 28.8 Å². The van der Waals surface area contributed by atoms with Gasteiger partial charge in [-0.1, -0.05) is 86.9 Å². The Balaban J connectivity index is 1.02. The third-order valence-corrected chi connectivity index (χ3v) is 16.6. The molecule has 0 spiro atoms. The Labute approximate surface area is 392 Å². The fourth-order valence-corrected chi connectivity index (χ4v) is 13.1. The second kappa shape index (κ2) is 23.6. The number of hydrogen-bond donors (Lipinski definition) is 2. The third-order valence-electron chi connectivity index (χ3n) is 16.1. The summed E-state index contributed by atoms with van der Waals surface area (Å²) in [6.07, 6.45) is 17.7. The van der Waals surface area contributed by atoms with Gasteiger partial charge in [-0.3, -0.25) is 28.8 Å². The molecule has 5 aliphatic carbocycles. The first kappa shape index (κ1) is 50.3. The predicted octanol–water partition coefficient (Wildman–Crippen LogP) is 10.8. The van der Waals surface area contributed by atoms with E-state index in [0.29, 0.717) is 19.3 Å². The van der Waals surface area contributed by atoms with Crippen LogP contribution in [0, 0.1) is 59.2 Å². The summed E-state index contributed by atoms with van der Waals surface area (Å²) < 4.78 is 12.3. The van der Waals surface area contributed by atoms with Crippen molar-refractivity contribution in [3.63, 3.8) is 0 Å². The topological polar surface area (TPSA) is 145 Å². The monoisotopic (exact) mass is 951 g/mol. The Morgan fingerprint density at radius 3 is 1.89 bits per heavy atom. The summed E-state index contributed by atoms with van der Waals surface area (Å²) in [6.45, 7) is 9.97. The summed E-state index contributed by atoms with van der Waals surface area (Å²) in [5.41, 5.74) is 0.372. The van der Waals surface area contributed by atoms with Crippen LogP contribution in [0.25, 0.3) is 0 Å². The largest absolute Gasteiger partial charge is 0.461 e. The van der Waals surface area contributed by atoms with E-state index in [1.165, 1.54) is 0 Å². The second-order valence-corrected chi connectivity index (χ2v) is 22.3. The first-order valence-corrected chi connectivity index (χ1v) is 26.2. The van der Waals surface area contributed by atoms with Crippen molar-refractivity contribution in [3.05, 3.63) is 34.3 Å². The zero-order valence-electron chi connectivity index (χ0n) is 39.6. The van der Waals surface area contributed by atoms with Crippen LogP contribution in [0.5, 0.6) is 0 Å². The van der Waals surface area contributed by atoms with E-state index < -0.39 is 5.60 Å². The molecule has 0 bridgehead atoms. The van der Waals surface area contributed by atoms with Gasteiger partial charge in [-0.2, -0.15) is 0 Å². The molecule has 0 heterocycles. The maximum Gasteiger partial charge on any atom is 0.309 e. The van der Waals surface area contributed by atoms with Crippen LogP contribution in [0.15, 0.2) is 28.7 Å². The highest BCUT2D eigenvalue weighted by atomic mass is 79.9. The van der Waals surface area contributed by atoms with Crippen LogP contribution in [0.3, 0.4) is 0 Å². The van der Waals surface area contributed by atoms with Crippen molar-refractivity contribution in [3.8, 4) is 0 Å². The van der Waals surface area contributed by atoms with E-state index in [-0.39, 0.29) is 120 Å². The Morgan fingerprint density at radius 2 is 1.20 bits per heavy atom. The smallest absolute Gasteiger partial charge is 0.309 e. The second-order valence-electron chi connectivity index (χ2n) is 21.4. The van der Waals surface area contributed by atoms with E-state index in [4.69, 9.17) is 9.47 Å². The minimum Gasteiger partial charge on any atom is -0.461 e. The van der Waals surface area contributed by atoms with Crippen molar-refractivity contribution in [2.45, 2.75) is 200 Å². The minimum absolute atomic E-state index is 0.00313. The molecule has 12 atom stereocenters. The van der Waals surface area contributed by atoms with Crippen molar-refractivity contribution in [1.29, 1.82) is 0 Å². The fourth-order valence-electron chi connectivity index (χ4n) is 12.9. The number of carbonyl (C=O) groups excluding carboxylic acids is 6. The van der Waals surface area contributed by atoms with Crippen molar-refractivity contribution in [1.82, 2.24) is 10.6 Å². The molecule has 64 heavy (non-hydrogen) atoms. The molecule has 11 heteroatoms. The van der Waals surface area contributed by atoms with Gasteiger partial charge >= 0.3 is 11.9 Å². The zero-order chi connectivity index (χ0) is 46.0. The molecule has 2 N–H and O–H groups in total. The number of ketones is 2. The Morgan fingerprint density at radius 1 is 0.625 bits per heavy atom. The molecule has 6 rings (SSSR count). The van der Waals surface area contributed by atoms with Gasteiger partial charge in [0.15, 0.2) is 0 Å². The predicted molar refractivity (Wildman–Crippen MR) is 251 cm³/mol. The standard InChI is InChI=1S/C53H79BrN2O8/c1-6-38(47(57)30-35-16-13-21-42(35)52(62)63-32-33-25-27-37(54)28-26-33)40-18-9-8-15-34(40)29-48(58)44-22-14-24-46(44)56-50(60)39(7-2)43-19-10-11-23-45(43)55-51(61)41-20-12-17-36(41)31-49(59)64-53(3,4)5/h25-28,34-36,38-46H,6-24,29-32H2,1-5H3,(H,55,61)(H,56,60)/t34-,35-,36-,38-,39+,40-,41+,42+,43?,44+,45+,46+/m1/s1.